The zero-order chi connectivity index (χ0) is 15.7. The van der Waals surface area contributed by atoms with Crippen molar-refractivity contribution in [2.45, 2.75) is 64.4 Å². The van der Waals surface area contributed by atoms with Crippen LogP contribution in [0.15, 0.2) is 0 Å². The summed E-state index contributed by atoms with van der Waals surface area (Å²) in [5, 5.41) is 19.8. The first-order valence-electron chi connectivity index (χ1n) is 8.03. The van der Waals surface area contributed by atoms with Gasteiger partial charge in [0.2, 0.25) is 5.91 Å². The number of hydrogen-bond donors (Lipinski definition) is 2. The second kappa shape index (κ2) is 5.95. The van der Waals surface area contributed by atoms with Crippen LogP contribution in [0.4, 0.5) is 0 Å². The topological polar surface area (TPSA) is 77.8 Å². The van der Waals surface area contributed by atoms with E-state index in [9.17, 15) is 19.8 Å². The summed E-state index contributed by atoms with van der Waals surface area (Å²) in [4.78, 5) is 25.7. The Kier molecular flexibility index (Phi) is 4.61. The number of nitrogens with zero attached hydrogens (tertiary/aromatic N) is 1. The zero-order valence-corrected chi connectivity index (χ0v) is 13.1. The highest BCUT2D eigenvalue weighted by molar-refractivity contribution is 5.85. The Balaban J connectivity index is 1.99. The van der Waals surface area contributed by atoms with Crippen LogP contribution in [0.5, 0.6) is 0 Å². The summed E-state index contributed by atoms with van der Waals surface area (Å²) in [5.41, 5.74) is -1.69. The highest BCUT2D eigenvalue weighted by Crippen LogP contribution is 2.40. The number of carboxylic acid groups (broad SMARTS) is 1. The summed E-state index contributed by atoms with van der Waals surface area (Å²) < 4.78 is 0. The number of amides is 1. The molecule has 0 spiro atoms. The molecule has 5 heteroatoms. The third kappa shape index (κ3) is 3.23. The minimum absolute atomic E-state index is 0.0799. The molecule has 1 aliphatic heterocycles. The highest BCUT2D eigenvalue weighted by Gasteiger charge is 2.48. The number of carbonyl (C=O) groups is 2. The van der Waals surface area contributed by atoms with E-state index in [4.69, 9.17) is 0 Å². The molecule has 0 atom stereocenters. The van der Waals surface area contributed by atoms with E-state index in [1.165, 1.54) is 0 Å². The van der Waals surface area contributed by atoms with E-state index < -0.39 is 17.0 Å². The lowest BCUT2D eigenvalue weighted by atomic mass is 9.76. The maximum absolute atomic E-state index is 12.4. The van der Waals surface area contributed by atoms with Gasteiger partial charge >= 0.3 is 5.97 Å². The molecule has 0 aromatic heterocycles. The summed E-state index contributed by atoms with van der Waals surface area (Å²) in [6.45, 7) is 4.54. The van der Waals surface area contributed by atoms with Gasteiger partial charge in [-0.25, -0.2) is 0 Å². The lowest BCUT2D eigenvalue weighted by Gasteiger charge is -2.49. The fraction of sp³-hybridized carbons (Fsp3) is 0.875. The molecule has 1 saturated carbocycles. The Morgan fingerprint density at radius 3 is 2.05 bits per heavy atom. The maximum Gasteiger partial charge on any atom is 0.310 e. The van der Waals surface area contributed by atoms with Crippen LogP contribution < -0.4 is 0 Å². The van der Waals surface area contributed by atoms with Crippen molar-refractivity contribution < 1.29 is 19.8 Å². The Hall–Kier alpha value is -1.10. The highest BCUT2D eigenvalue weighted by atomic mass is 16.4. The van der Waals surface area contributed by atoms with Gasteiger partial charge in [-0.05, 0) is 18.8 Å². The Bertz CT molecular complexity index is 405. The lowest BCUT2D eigenvalue weighted by molar-refractivity contribution is -0.170. The van der Waals surface area contributed by atoms with Crippen LogP contribution in [0.2, 0.25) is 0 Å². The van der Waals surface area contributed by atoms with Crippen LogP contribution in [0.25, 0.3) is 0 Å². The molecular weight excluding hydrogens is 270 g/mol. The predicted molar refractivity (Wildman–Crippen MR) is 78.8 cm³/mol. The van der Waals surface area contributed by atoms with Gasteiger partial charge in [0, 0.05) is 6.42 Å². The summed E-state index contributed by atoms with van der Waals surface area (Å²) in [5.74, 6) is -0.852. The molecule has 5 nitrogen and oxygen atoms in total. The summed E-state index contributed by atoms with van der Waals surface area (Å²) in [7, 11) is 0. The summed E-state index contributed by atoms with van der Waals surface area (Å²) in [6.07, 6.45) is 5.15. The van der Waals surface area contributed by atoms with Crippen molar-refractivity contribution in [3.8, 4) is 0 Å². The van der Waals surface area contributed by atoms with E-state index in [1.807, 2.05) is 13.8 Å². The Morgan fingerprint density at radius 2 is 1.62 bits per heavy atom. The minimum atomic E-state index is -0.890. The molecule has 2 fully saturated rings. The molecule has 0 unspecified atom stereocenters. The fourth-order valence-electron chi connectivity index (χ4n) is 3.43. The third-order valence-electron chi connectivity index (χ3n) is 5.36. The third-order valence-corrected chi connectivity index (χ3v) is 5.36. The molecule has 0 aromatic rings. The molecule has 120 valence electrons. The van der Waals surface area contributed by atoms with Crippen molar-refractivity contribution >= 4 is 11.9 Å². The first-order valence-corrected chi connectivity index (χ1v) is 8.03. The van der Waals surface area contributed by atoms with Gasteiger partial charge in [0.25, 0.3) is 0 Å². The molecule has 2 aliphatic rings. The van der Waals surface area contributed by atoms with Crippen LogP contribution in [0.1, 0.15) is 58.8 Å². The van der Waals surface area contributed by atoms with Crippen LogP contribution in [-0.2, 0) is 9.59 Å². The van der Waals surface area contributed by atoms with Gasteiger partial charge in [-0.1, -0.05) is 39.5 Å². The summed E-state index contributed by atoms with van der Waals surface area (Å²) in [6, 6.07) is 0. The van der Waals surface area contributed by atoms with Crippen molar-refractivity contribution in [1.29, 1.82) is 0 Å². The zero-order valence-electron chi connectivity index (χ0n) is 13.1. The van der Waals surface area contributed by atoms with Crippen LogP contribution in [0, 0.1) is 11.3 Å². The van der Waals surface area contributed by atoms with Gasteiger partial charge in [0.15, 0.2) is 0 Å². The smallest absolute Gasteiger partial charge is 0.310 e. The predicted octanol–water partition coefficient (Wildman–Crippen LogP) is 2.03. The van der Waals surface area contributed by atoms with Gasteiger partial charge in [0.1, 0.15) is 5.60 Å². The fourth-order valence-corrected chi connectivity index (χ4v) is 3.43. The van der Waals surface area contributed by atoms with E-state index in [0.29, 0.717) is 25.9 Å². The lowest BCUT2D eigenvalue weighted by Crippen LogP contribution is -2.66. The molecule has 1 amide bonds. The van der Waals surface area contributed by atoms with Gasteiger partial charge in [-0.3, -0.25) is 9.59 Å². The van der Waals surface area contributed by atoms with Crippen molar-refractivity contribution in [3.05, 3.63) is 0 Å². The molecule has 0 radical (unpaired) electrons. The molecule has 21 heavy (non-hydrogen) atoms. The van der Waals surface area contributed by atoms with E-state index >= 15 is 0 Å². The maximum atomic E-state index is 12.4. The molecule has 1 saturated heterocycles. The SMILES string of the molecule is CC(C)C1(O)CN(C(=O)CC2(C(=O)O)CCCCCC2)C1. The normalized spacial score (nSPS) is 24.3. The van der Waals surface area contributed by atoms with E-state index in [-0.39, 0.29) is 18.2 Å². The first-order chi connectivity index (χ1) is 9.79. The number of β-amino-alcohol motifs (C(OH)–C–C–N with tert-alkyl or cyclic N) is 1. The average molecular weight is 297 g/mol. The minimum Gasteiger partial charge on any atom is -0.481 e. The number of hydrogen-bond acceptors (Lipinski definition) is 3. The average Bonchev–Trinajstić information content (AvgIpc) is 2.61. The largest absolute Gasteiger partial charge is 0.481 e. The molecule has 0 aromatic carbocycles. The van der Waals surface area contributed by atoms with E-state index in [2.05, 4.69) is 0 Å². The van der Waals surface area contributed by atoms with Crippen molar-refractivity contribution in [1.82, 2.24) is 4.90 Å². The number of aliphatic carboxylic acids is 1. The van der Waals surface area contributed by atoms with Crippen LogP contribution in [-0.4, -0.2) is 45.7 Å². The Morgan fingerprint density at radius 1 is 1.10 bits per heavy atom. The molecule has 2 N–H and O–H groups in total. The quantitative estimate of drug-likeness (QED) is 0.778. The molecule has 2 rings (SSSR count). The number of carbonyl (C=O) groups excluding carboxylic acids is 1. The summed E-state index contributed by atoms with van der Waals surface area (Å²) >= 11 is 0. The number of rotatable bonds is 4. The van der Waals surface area contributed by atoms with Gasteiger partial charge in [-0.15, -0.1) is 0 Å². The second-order valence-electron chi connectivity index (χ2n) is 7.18. The number of likely N-dealkylation sites (tertiary alicyclic amines) is 1. The van der Waals surface area contributed by atoms with E-state index in [1.54, 1.807) is 4.90 Å². The molecule has 1 heterocycles. The van der Waals surface area contributed by atoms with Gasteiger partial charge in [-0.2, -0.15) is 0 Å². The second-order valence-corrected chi connectivity index (χ2v) is 7.18. The van der Waals surface area contributed by atoms with Gasteiger partial charge < -0.3 is 15.1 Å². The monoisotopic (exact) mass is 297 g/mol. The number of aliphatic hydroxyl groups is 1. The van der Waals surface area contributed by atoms with E-state index in [0.717, 1.165) is 25.7 Å². The van der Waals surface area contributed by atoms with Gasteiger partial charge in [0.05, 0.1) is 18.5 Å². The van der Waals surface area contributed by atoms with Crippen molar-refractivity contribution in [2.24, 2.45) is 11.3 Å². The van der Waals surface area contributed by atoms with Crippen molar-refractivity contribution in [2.75, 3.05) is 13.1 Å². The van der Waals surface area contributed by atoms with Crippen LogP contribution >= 0.6 is 0 Å². The molecule has 1 aliphatic carbocycles. The van der Waals surface area contributed by atoms with Crippen LogP contribution in [0.3, 0.4) is 0 Å². The van der Waals surface area contributed by atoms with Crippen molar-refractivity contribution in [3.63, 3.8) is 0 Å². The molecule has 0 bridgehead atoms. The number of carboxylic acids is 1. The first kappa shape index (κ1) is 16.3. The molecular formula is C16H27NO4. The Labute approximate surface area is 126 Å². The standard InChI is InChI=1S/C16H27NO4/c1-12(2)16(21)10-17(11-16)13(18)9-15(14(19)20)7-5-3-4-6-8-15/h12,21H,3-11H2,1-2H3,(H,19,20).